The highest BCUT2D eigenvalue weighted by Gasteiger charge is 2.07. The van der Waals surface area contributed by atoms with Gasteiger partial charge in [-0.1, -0.05) is 31.2 Å². The van der Waals surface area contributed by atoms with Crippen molar-refractivity contribution in [2.45, 2.75) is 19.9 Å². The lowest BCUT2D eigenvalue weighted by Crippen LogP contribution is -2.22. The zero-order valence-corrected chi connectivity index (χ0v) is 13.6. The van der Waals surface area contributed by atoms with Crippen LogP contribution in [0.25, 0.3) is 11.3 Å². The Morgan fingerprint density at radius 1 is 1.00 bits per heavy atom. The summed E-state index contributed by atoms with van der Waals surface area (Å²) in [7, 11) is 0. The van der Waals surface area contributed by atoms with Gasteiger partial charge in [-0.15, -0.1) is 0 Å². The number of benzene rings is 1. The Morgan fingerprint density at radius 2 is 1.79 bits per heavy atom. The van der Waals surface area contributed by atoms with Crippen molar-refractivity contribution in [3.63, 3.8) is 0 Å². The Balaban J connectivity index is 1.62. The van der Waals surface area contributed by atoms with Crippen LogP contribution in [0.4, 0.5) is 0 Å². The summed E-state index contributed by atoms with van der Waals surface area (Å²) in [5.74, 6) is -0.125. The number of pyridine rings is 2. The van der Waals surface area contributed by atoms with Gasteiger partial charge in [0.05, 0.1) is 11.3 Å². The molecule has 0 unspecified atom stereocenters. The summed E-state index contributed by atoms with van der Waals surface area (Å²) < 4.78 is 0. The minimum absolute atomic E-state index is 0.125. The lowest BCUT2D eigenvalue weighted by atomic mass is 10.1. The SMILES string of the molecule is CCc1ccc(CNC(=O)c2ccc(-c3cccnc3)nc2)cc1. The maximum absolute atomic E-state index is 12.2. The van der Waals surface area contributed by atoms with Gasteiger partial charge in [0.15, 0.2) is 0 Å². The highest BCUT2D eigenvalue weighted by atomic mass is 16.1. The molecule has 4 nitrogen and oxygen atoms in total. The van der Waals surface area contributed by atoms with Gasteiger partial charge in [-0.25, -0.2) is 0 Å². The molecule has 120 valence electrons. The molecule has 1 amide bonds. The zero-order chi connectivity index (χ0) is 16.8. The number of rotatable bonds is 5. The van der Waals surface area contributed by atoms with Crippen molar-refractivity contribution >= 4 is 5.91 Å². The molecule has 2 aromatic heterocycles. The second kappa shape index (κ2) is 7.51. The van der Waals surface area contributed by atoms with Gasteiger partial charge < -0.3 is 5.32 Å². The highest BCUT2D eigenvalue weighted by molar-refractivity contribution is 5.94. The number of aryl methyl sites for hydroxylation is 1. The van der Waals surface area contributed by atoms with Gasteiger partial charge in [-0.3, -0.25) is 14.8 Å². The number of nitrogens with one attached hydrogen (secondary N) is 1. The van der Waals surface area contributed by atoms with E-state index in [-0.39, 0.29) is 5.91 Å². The van der Waals surface area contributed by atoms with Gasteiger partial charge in [0.2, 0.25) is 0 Å². The van der Waals surface area contributed by atoms with E-state index in [1.165, 1.54) is 5.56 Å². The molecule has 0 aliphatic rings. The van der Waals surface area contributed by atoms with Gasteiger partial charge in [0.25, 0.3) is 5.91 Å². The first-order valence-corrected chi connectivity index (χ1v) is 7.98. The fourth-order valence-corrected chi connectivity index (χ4v) is 2.39. The van der Waals surface area contributed by atoms with Crippen LogP contribution in [0.1, 0.15) is 28.4 Å². The summed E-state index contributed by atoms with van der Waals surface area (Å²) in [6.45, 7) is 2.63. The number of carbonyl (C=O) groups excluding carboxylic acids is 1. The van der Waals surface area contributed by atoms with Gasteiger partial charge in [0.1, 0.15) is 0 Å². The number of hydrogen-bond acceptors (Lipinski definition) is 3. The molecule has 1 aromatic carbocycles. The first-order valence-electron chi connectivity index (χ1n) is 7.98. The fourth-order valence-electron chi connectivity index (χ4n) is 2.39. The molecule has 0 atom stereocenters. The van der Waals surface area contributed by atoms with Crippen LogP contribution < -0.4 is 5.32 Å². The second-order valence-corrected chi connectivity index (χ2v) is 5.53. The van der Waals surface area contributed by atoms with Crippen molar-refractivity contribution in [3.8, 4) is 11.3 Å². The maximum Gasteiger partial charge on any atom is 0.253 e. The summed E-state index contributed by atoms with van der Waals surface area (Å²) >= 11 is 0. The topological polar surface area (TPSA) is 54.9 Å². The van der Waals surface area contributed by atoms with Crippen LogP contribution in [0.3, 0.4) is 0 Å². The van der Waals surface area contributed by atoms with E-state index in [9.17, 15) is 4.79 Å². The third-order valence-corrected chi connectivity index (χ3v) is 3.87. The number of nitrogens with zero attached hydrogens (tertiary/aromatic N) is 2. The fraction of sp³-hybridized carbons (Fsp3) is 0.150. The molecule has 24 heavy (non-hydrogen) atoms. The molecular formula is C20H19N3O. The van der Waals surface area contributed by atoms with Crippen molar-refractivity contribution in [1.82, 2.24) is 15.3 Å². The molecule has 4 heteroatoms. The van der Waals surface area contributed by atoms with Crippen LogP contribution in [0.15, 0.2) is 67.1 Å². The molecule has 0 aliphatic carbocycles. The van der Waals surface area contributed by atoms with Crippen LogP contribution in [0.5, 0.6) is 0 Å². The third kappa shape index (κ3) is 3.84. The molecule has 2 heterocycles. The Kier molecular flexibility index (Phi) is 4.96. The molecule has 0 spiro atoms. The van der Waals surface area contributed by atoms with Crippen molar-refractivity contribution in [2.24, 2.45) is 0 Å². The Hall–Kier alpha value is -3.01. The molecule has 0 radical (unpaired) electrons. The normalized spacial score (nSPS) is 10.4. The molecule has 0 aliphatic heterocycles. The molecule has 1 N–H and O–H groups in total. The van der Waals surface area contributed by atoms with Gasteiger partial charge in [-0.2, -0.15) is 0 Å². The predicted molar refractivity (Wildman–Crippen MR) is 94.5 cm³/mol. The molecule has 3 rings (SSSR count). The van der Waals surface area contributed by atoms with E-state index in [1.54, 1.807) is 24.7 Å². The van der Waals surface area contributed by atoms with Crippen LogP contribution >= 0.6 is 0 Å². The molecule has 0 bridgehead atoms. The lowest BCUT2D eigenvalue weighted by molar-refractivity contribution is 0.0950. The largest absolute Gasteiger partial charge is 0.348 e. The smallest absolute Gasteiger partial charge is 0.253 e. The Morgan fingerprint density at radius 3 is 2.42 bits per heavy atom. The summed E-state index contributed by atoms with van der Waals surface area (Å²) in [4.78, 5) is 20.6. The van der Waals surface area contributed by atoms with E-state index in [0.717, 1.165) is 23.2 Å². The van der Waals surface area contributed by atoms with E-state index in [2.05, 4.69) is 34.3 Å². The molecule has 0 fully saturated rings. The molecule has 3 aromatic rings. The average Bonchev–Trinajstić information content (AvgIpc) is 2.67. The average molecular weight is 317 g/mol. The third-order valence-electron chi connectivity index (χ3n) is 3.87. The Bertz CT molecular complexity index is 797. The van der Waals surface area contributed by atoms with E-state index < -0.39 is 0 Å². The van der Waals surface area contributed by atoms with E-state index in [0.29, 0.717) is 12.1 Å². The van der Waals surface area contributed by atoms with Crippen molar-refractivity contribution in [3.05, 3.63) is 83.8 Å². The summed E-state index contributed by atoms with van der Waals surface area (Å²) in [5.41, 5.74) is 4.66. The number of amides is 1. The van der Waals surface area contributed by atoms with Crippen LogP contribution in [0, 0.1) is 0 Å². The summed E-state index contributed by atoms with van der Waals surface area (Å²) in [6, 6.07) is 15.7. The standard InChI is InChI=1S/C20H19N3O/c1-2-15-5-7-16(8-6-15)12-23-20(24)18-9-10-19(22-14-18)17-4-3-11-21-13-17/h3-11,13-14H,2,12H2,1H3,(H,23,24). The number of hydrogen-bond donors (Lipinski definition) is 1. The number of carbonyl (C=O) groups is 1. The van der Waals surface area contributed by atoms with Crippen LogP contribution in [-0.4, -0.2) is 15.9 Å². The first kappa shape index (κ1) is 15.9. The lowest BCUT2D eigenvalue weighted by Gasteiger charge is -2.07. The van der Waals surface area contributed by atoms with Gasteiger partial charge >= 0.3 is 0 Å². The maximum atomic E-state index is 12.2. The highest BCUT2D eigenvalue weighted by Crippen LogP contribution is 2.15. The van der Waals surface area contributed by atoms with Gasteiger partial charge in [0, 0.05) is 30.7 Å². The quantitative estimate of drug-likeness (QED) is 0.781. The van der Waals surface area contributed by atoms with Crippen molar-refractivity contribution in [2.75, 3.05) is 0 Å². The predicted octanol–water partition coefficient (Wildman–Crippen LogP) is 3.64. The van der Waals surface area contributed by atoms with Crippen molar-refractivity contribution in [1.29, 1.82) is 0 Å². The Labute approximate surface area is 141 Å². The molecule has 0 saturated heterocycles. The minimum Gasteiger partial charge on any atom is -0.348 e. The van der Waals surface area contributed by atoms with E-state index in [4.69, 9.17) is 0 Å². The molecule has 0 saturated carbocycles. The summed E-state index contributed by atoms with van der Waals surface area (Å²) in [5, 5.41) is 2.92. The van der Waals surface area contributed by atoms with Crippen molar-refractivity contribution < 1.29 is 4.79 Å². The summed E-state index contributed by atoms with van der Waals surface area (Å²) in [6.07, 6.45) is 6.08. The monoisotopic (exact) mass is 317 g/mol. The second-order valence-electron chi connectivity index (χ2n) is 5.53. The van der Waals surface area contributed by atoms with Crippen LogP contribution in [0.2, 0.25) is 0 Å². The number of aromatic nitrogens is 2. The van der Waals surface area contributed by atoms with Gasteiger partial charge in [-0.05, 0) is 41.8 Å². The van der Waals surface area contributed by atoms with Crippen LogP contribution in [-0.2, 0) is 13.0 Å². The minimum atomic E-state index is -0.125. The van der Waals surface area contributed by atoms with E-state index >= 15 is 0 Å². The molecular weight excluding hydrogens is 298 g/mol. The van der Waals surface area contributed by atoms with E-state index in [1.807, 2.05) is 30.3 Å². The zero-order valence-electron chi connectivity index (χ0n) is 13.6. The first-order chi connectivity index (χ1) is 11.8.